The van der Waals surface area contributed by atoms with Gasteiger partial charge in [0.1, 0.15) is 23.5 Å². The van der Waals surface area contributed by atoms with Crippen molar-refractivity contribution >= 4 is 17.0 Å². The number of hydrogen-bond donors (Lipinski definition) is 4. The Hall–Kier alpha value is -2.04. The molecule has 0 amide bonds. The van der Waals surface area contributed by atoms with Crippen molar-refractivity contribution in [1.29, 1.82) is 0 Å². The van der Waals surface area contributed by atoms with Crippen molar-refractivity contribution in [3.8, 4) is 0 Å². The average molecular weight is 285 g/mol. The number of hydrogen-bond acceptors (Lipinski definition) is 7. The van der Waals surface area contributed by atoms with E-state index in [0.717, 1.165) is 0 Å². The third kappa shape index (κ3) is 1.77. The summed E-state index contributed by atoms with van der Waals surface area (Å²) in [5, 5.41) is 18.6. The zero-order valence-corrected chi connectivity index (χ0v) is 10.1. The zero-order valence-electron chi connectivity index (χ0n) is 10.1. The van der Waals surface area contributed by atoms with Gasteiger partial charge in [0.2, 0.25) is 0 Å². The zero-order chi connectivity index (χ0) is 14.4. The Morgan fingerprint density at radius 1 is 1.60 bits per heavy atom. The van der Waals surface area contributed by atoms with E-state index in [-0.39, 0.29) is 17.0 Å². The number of H-pyrrole nitrogens is 1. The second-order valence-electron chi connectivity index (χ2n) is 4.46. The fourth-order valence-electron chi connectivity index (χ4n) is 2.22. The molecule has 1 aliphatic heterocycles. The molecule has 2 aromatic rings. The maximum atomic E-state index is 14.0. The summed E-state index contributed by atoms with van der Waals surface area (Å²) in [7, 11) is 0. The minimum atomic E-state index is -1.79. The molecule has 0 spiro atoms. The maximum Gasteiger partial charge on any atom is 0.348 e. The number of aliphatic hydroxyl groups is 2. The summed E-state index contributed by atoms with van der Waals surface area (Å²) >= 11 is 0. The Kier molecular flexibility index (Phi) is 2.92. The quantitative estimate of drug-likeness (QED) is 0.515. The Bertz CT molecular complexity index is 701. The number of aliphatic hydroxyl groups excluding tert-OH is 2. The van der Waals surface area contributed by atoms with Gasteiger partial charge in [0.25, 0.3) is 0 Å². The second-order valence-corrected chi connectivity index (χ2v) is 4.46. The molecule has 4 atom stereocenters. The number of anilines is 1. The predicted octanol–water partition coefficient (Wildman–Crippen LogP) is -1.71. The molecule has 2 aromatic heterocycles. The van der Waals surface area contributed by atoms with Crippen molar-refractivity contribution < 1.29 is 19.3 Å². The number of nitrogens with two attached hydrogens (primary N) is 1. The van der Waals surface area contributed by atoms with Gasteiger partial charge in [-0.15, -0.1) is 0 Å². The minimum absolute atomic E-state index is 0.00594. The van der Waals surface area contributed by atoms with Crippen LogP contribution >= 0.6 is 0 Å². The molecule has 1 aliphatic rings. The molecule has 9 nitrogen and oxygen atoms in total. The molecule has 10 heteroatoms. The number of ether oxygens (including phenoxy) is 1. The lowest BCUT2D eigenvalue weighted by molar-refractivity contribution is -0.0459. The van der Waals surface area contributed by atoms with Gasteiger partial charge in [-0.2, -0.15) is 4.98 Å². The van der Waals surface area contributed by atoms with E-state index in [0.29, 0.717) is 0 Å². The first-order valence-corrected chi connectivity index (χ1v) is 5.83. The van der Waals surface area contributed by atoms with Gasteiger partial charge >= 0.3 is 5.69 Å². The molecule has 0 bridgehead atoms. The fourth-order valence-corrected chi connectivity index (χ4v) is 2.22. The highest BCUT2D eigenvalue weighted by Crippen LogP contribution is 2.33. The monoisotopic (exact) mass is 285 g/mol. The molecule has 0 aromatic carbocycles. The third-order valence-electron chi connectivity index (χ3n) is 3.22. The van der Waals surface area contributed by atoms with Crippen LogP contribution in [0.2, 0.25) is 0 Å². The maximum absolute atomic E-state index is 14.0. The average Bonchev–Trinajstić information content (AvgIpc) is 2.93. The highest BCUT2D eigenvalue weighted by atomic mass is 19.1. The Morgan fingerprint density at radius 2 is 2.35 bits per heavy atom. The van der Waals surface area contributed by atoms with Crippen LogP contribution < -0.4 is 11.4 Å². The summed E-state index contributed by atoms with van der Waals surface area (Å²) in [6, 6.07) is 0. The molecule has 5 N–H and O–H groups in total. The van der Waals surface area contributed by atoms with Gasteiger partial charge in [-0.1, -0.05) is 0 Å². The molecule has 0 radical (unpaired) electrons. The lowest BCUT2D eigenvalue weighted by Crippen LogP contribution is -2.30. The first-order chi connectivity index (χ1) is 9.52. The van der Waals surface area contributed by atoms with Gasteiger partial charge in [0.05, 0.1) is 12.9 Å². The van der Waals surface area contributed by atoms with Crippen molar-refractivity contribution in [3.63, 3.8) is 0 Å². The Morgan fingerprint density at radius 3 is 3.00 bits per heavy atom. The van der Waals surface area contributed by atoms with Crippen LogP contribution in [0.1, 0.15) is 6.23 Å². The van der Waals surface area contributed by atoms with Gasteiger partial charge < -0.3 is 20.7 Å². The lowest BCUT2D eigenvalue weighted by Gasteiger charge is -2.14. The normalized spacial score (nSPS) is 30.1. The van der Waals surface area contributed by atoms with E-state index in [1.807, 2.05) is 0 Å². The number of halogens is 1. The largest absolute Gasteiger partial charge is 0.394 e. The number of rotatable bonds is 2. The summed E-state index contributed by atoms with van der Waals surface area (Å²) < 4.78 is 20.4. The van der Waals surface area contributed by atoms with Gasteiger partial charge in [-0.25, -0.2) is 14.2 Å². The molecule has 1 fully saturated rings. The molecule has 0 aliphatic carbocycles. The highest BCUT2D eigenvalue weighted by molar-refractivity contribution is 5.81. The van der Waals surface area contributed by atoms with Crippen LogP contribution in [0.5, 0.6) is 0 Å². The first-order valence-electron chi connectivity index (χ1n) is 5.83. The highest BCUT2D eigenvalue weighted by Gasteiger charge is 2.45. The van der Waals surface area contributed by atoms with Gasteiger partial charge in [0.15, 0.2) is 18.0 Å². The van der Waals surface area contributed by atoms with Crippen molar-refractivity contribution in [2.45, 2.75) is 24.6 Å². The summed E-state index contributed by atoms with van der Waals surface area (Å²) in [6.07, 6.45) is -4.33. The van der Waals surface area contributed by atoms with Crippen molar-refractivity contribution in [1.82, 2.24) is 19.5 Å². The van der Waals surface area contributed by atoms with Crippen LogP contribution in [0, 0.1) is 0 Å². The number of alkyl halides is 1. The molecule has 3 heterocycles. The number of nitrogens with zero attached hydrogens (tertiary/aromatic N) is 3. The number of aromatic nitrogens is 4. The van der Waals surface area contributed by atoms with E-state index in [2.05, 4.69) is 15.0 Å². The SMILES string of the molecule is Nc1[nH]c(=O)nc2c1ncn2C1OC(CO)C(O)C1F. The van der Waals surface area contributed by atoms with Crippen LogP contribution in [0.3, 0.4) is 0 Å². The standard InChI is InChI=1S/C10H12FN5O4/c11-4-6(18)3(1-17)20-9(4)16-2-13-5-7(12)14-10(19)15-8(5)16/h2-4,6,9,17-18H,1H2,(H3,12,14,15,19). The van der Waals surface area contributed by atoms with Crippen molar-refractivity contribution in [3.05, 3.63) is 16.8 Å². The molecular formula is C10H12FN5O4. The number of fused-ring (bicyclic) bond motifs is 1. The predicted molar refractivity (Wildman–Crippen MR) is 64.5 cm³/mol. The van der Waals surface area contributed by atoms with Gasteiger partial charge in [0, 0.05) is 0 Å². The molecule has 3 rings (SSSR count). The molecule has 20 heavy (non-hydrogen) atoms. The van der Waals surface area contributed by atoms with E-state index >= 15 is 0 Å². The Labute approximate surface area is 110 Å². The topological polar surface area (TPSA) is 139 Å². The lowest BCUT2D eigenvalue weighted by atomic mass is 10.1. The fraction of sp³-hybridized carbons (Fsp3) is 0.500. The van der Waals surface area contributed by atoms with E-state index in [1.54, 1.807) is 0 Å². The summed E-state index contributed by atoms with van der Waals surface area (Å²) in [5.74, 6) is 0.00594. The Balaban J connectivity index is 2.09. The molecule has 0 saturated carbocycles. The van der Waals surface area contributed by atoms with Crippen molar-refractivity contribution in [2.75, 3.05) is 12.3 Å². The molecule has 4 unspecified atom stereocenters. The smallest absolute Gasteiger partial charge is 0.348 e. The van der Waals surface area contributed by atoms with Crippen LogP contribution in [-0.4, -0.2) is 54.7 Å². The van der Waals surface area contributed by atoms with Crippen LogP contribution in [0.25, 0.3) is 11.2 Å². The van der Waals surface area contributed by atoms with E-state index in [9.17, 15) is 14.3 Å². The number of nitrogens with one attached hydrogen (secondary N) is 1. The molecular weight excluding hydrogens is 273 g/mol. The van der Waals surface area contributed by atoms with E-state index in [4.69, 9.17) is 15.6 Å². The summed E-state index contributed by atoms with van der Waals surface area (Å²) in [5.41, 5.74) is 5.13. The second kappa shape index (κ2) is 4.51. The minimum Gasteiger partial charge on any atom is -0.394 e. The molecule has 1 saturated heterocycles. The first kappa shape index (κ1) is 13.0. The summed E-state index contributed by atoms with van der Waals surface area (Å²) in [4.78, 5) is 21.2. The van der Waals surface area contributed by atoms with Crippen LogP contribution in [0.4, 0.5) is 10.2 Å². The summed E-state index contributed by atoms with van der Waals surface area (Å²) in [6.45, 7) is -0.527. The van der Waals surface area contributed by atoms with Crippen molar-refractivity contribution in [2.24, 2.45) is 0 Å². The van der Waals surface area contributed by atoms with Crippen LogP contribution in [0.15, 0.2) is 11.1 Å². The number of imidazole rings is 1. The molecule has 108 valence electrons. The third-order valence-corrected chi connectivity index (χ3v) is 3.22. The van der Waals surface area contributed by atoms with Crippen LogP contribution in [-0.2, 0) is 4.74 Å². The number of aromatic amines is 1. The van der Waals surface area contributed by atoms with E-state index in [1.165, 1.54) is 10.9 Å². The van der Waals surface area contributed by atoms with Gasteiger partial charge in [-0.3, -0.25) is 9.55 Å². The van der Waals surface area contributed by atoms with E-state index < -0.39 is 36.9 Å². The number of nitrogen functional groups attached to an aromatic ring is 1. The van der Waals surface area contributed by atoms with Gasteiger partial charge in [-0.05, 0) is 0 Å².